The zero-order valence-electron chi connectivity index (χ0n) is 18.6. The van der Waals surface area contributed by atoms with Gasteiger partial charge >= 0.3 is 0 Å². The number of ether oxygens (including phenoxy) is 2. The zero-order chi connectivity index (χ0) is 23.0. The molecular weight excluding hydrogens is 437 g/mol. The molecule has 0 aliphatic carbocycles. The Hall–Kier alpha value is -3.16. The summed E-state index contributed by atoms with van der Waals surface area (Å²) in [4.78, 5) is 0. The van der Waals surface area contributed by atoms with Crippen molar-refractivity contribution in [2.75, 3.05) is 13.7 Å². The Bertz CT molecular complexity index is 1180. The maximum Gasteiger partial charge on any atom is 0.191 e. The van der Waals surface area contributed by atoms with E-state index < -0.39 is 0 Å². The number of nitrogens with zero attached hydrogens (tertiary/aromatic N) is 3. The molecule has 0 spiro atoms. The van der Waals surface area contributed by atoms with E-state index in [2.05, 4.69) is 22.3 Å². The third kappa shape index (κ3) is 5.61. The largest absolute Gasteiger partial charge is 0.485 e. The van der Waals surface area contributed by atoms with Crippen LogP contribution in [-0.4, -0.2) is 28.5 Å². The second kappa shape index (κ2) is 11.1. The molecule has 0 saturated carbocycles. The first-order chi connectivity index (χ1) is 16.2. The number of methoxy groups -OCH3 is 1. The highest BCUT2D eigenvalue weighted by Crippen LogP contribution is 2.35. The fourth-order valence-corrected chi connectivity index (χ4v) is 4.58. The van der Waals surface area contributed by atoms with Crippen molar-refractivity contribution in [2.24, 2.45) is 0 Å². The minimum Gasteiger partial charge on any atom is -0.485 e. The van der Waals surface area contributed by atoms with Crippen LogP contribution < -0.4 is 4.74 Å². The van der Waals surface area contributed by atoms with E-state index in [0.29, 0.717) is 29.7 Å². The molecule has 1 aromatic heterocycles. The lowest BCUT2D eigenvalue weighted by molar-refractivity contribution is 0.181. The number of hydrogen-bond donors (Lipinski definition) is 0. The summed E-state index contributed by atoms with van der Waals surface area (Å²) in [5, 5.41) is 9.33. The lowest BCUT2D eigenvalue weighted by Crippen LogP contribution is -2.12. The molecule has 1 heterocycles. The summed E-state index contributed by atoms with van der Waals surface area (Å²) >= 11 is 1.47. The van der Waals surface area contributed by atoms with Crippen LogP contribution in [0.1, 0.15) is 23.6 Å². The van der Waals surface area contributed by atoms with Crippen molar-refractivity contribution in [3.05, 3.63) is 96.1 Å². The van der Waals surface area contributed by atoms with Crippen LogP contribution in [0.4, 0.5) is 4.39 Å². The highest BCUT2D eigenvalue weighted by Gasteiger charge is 2.19. The molecule has 1 unspecified atom stereocenters. The topological polar surface area (TPSA) is 49.2 Å². The monoisotopic (exact) mass is 463 g/mol. The van der Waals surface area contributed by atoms with Gasteiger partial charge in [0.25, 0.3) is 0 Å². The molecule has 0 radical (unpaired) electrons. The van der Waals surface area contributed by atoms with Crippen molar-refractivity contribution < 1.29 is 13.9 Å². The third-order valence-corrected chi connectivity index (χ3v) is 6.39. The molecule has 7 heteroatoms. The van der Waals surface area contributed by atoms with Crippen molar-refractivity contribution in [1.29, 1.82) is 0 Å². The van der Waals surface area contributed by atoms with Crippen LogP contribution >= 0.6 is 11.8 Å². The van der Waals surface area contributed by atoms with Gasteiger partial charge in [-0.1, -0.05) is 78.5 Å². The summed E-state index contributed by atoms with van der Waals surface area (Å²) in [6, 6.07) is 24.9. The molecule has 0 saturated heterocycles. The number of para-hydroxylation sites is 1. The minimum atomic E-state index is -0.221. The van der Waals surface area contributed by atoms with E-state index in [1.807, 2.05) is 60.0 Å². The molecule has 0 aliphatic rings. The first-order valence-electron chi connectivity index (χ1n) is 10.8. The van der Waals surface area contributed by atoms with Gasteiger partial charge in [0.15, 0.2) is 11.0 Å². The van der Waals surface area contributed by atoms with Gasteiger partial charge in [-0.25, -0.2) is 4.39 Å². The first-order valence-corrected chi connectivity index (χ1v) is 11.6. The number of halogens is 1. The van der Waals surface area contributed by atoms with Crippen LogP contribution in [0.3, 0.4) is 0 Å². The first kappa shape index (κ1) is 23.0. The van der Waals surface area contributed by atoms with Crippen LogP contribution in [0.25, 0.3) is 11.1 Å². The Kier molecular flexibility index (Phi) is 7.75. The van der Waals surface area contributed by atoms with E-state index in [0.717, 1.165) is 16.9 Å². The molecule has 4 rings (SSSR count). The molecule has 0 N–H and O–H groups in total. The summed E-state index contributed by atoms with van der Waals surface area (Å²) in [6.45, 7) is 3.31. The number of hydrogen-bond acceptors (Lipinski definition) is 5. The van der Waals surface area contributed by atoms with E-state index in [1.54, 1.807) is 19.2 Å². The fourth-order valence-electron chi connectivity index (χ4n) is 3.54. The molecule has 0 bridgehead atoms. The molecule has 5 nitrogen and oxygen atoms in total. The van der Waals surface area contributed by atoms with Crippen molar-refractivity contribution in [3.63, 3.8) is 0 Å². The quantitative estimate of drug-likeness (QED) is 0.264. The van der Waals surface area contributed by atoms with Crippen molar-refractivity contribution in [1.82, 2.24) is 14.8 Å². The highest BCUT2D eigenvalue weighted by molar-refractivity contribution is 7.99. The van der Waals surface area contributed by atoms with Gasteiger partial charge in [0.05, 0.1) is 6.61 Å². The van der Waals surface area contributed by atoms with Crippen LogP contribution in [-0.2, 0) is 17.9 Å². The maximum atomic E-state index is 14.2. The van der Waals surface area contributed by atoms with Gasteiger partial charge in [0.1, 0.15) is 18.2 Å². The van der Waals surface area contributed by atoms with Gasteiger partial charge in [-0.05, 0) is 24.6 Å². The van der Waals surface area contributed by atoms with Gasteiger partial charge in [0, 0.05) is 30.0 Å². The number of thioether (sulfide) groups is 1. The maximum absolute atomic E-state index is 14.2. The summed E-state index contributed by atoms with van der Waals surface area (Å²) in [7, 11) is 1.66. The Morgan fingerprint density at radius 1 is 0.939 bits per heavy atom. The number of rotatable bonds is 10. The molecule has 3 aromatic carbocycles. The summed E-state index contributed by atoms with van der Waals surface area (Å²) in [6.07, 6.45) is 0. The van der Waals surface area contributed by atoms with Crippen LogP contribution in [0.5, 0.6) is 5.75 Å². The van der Waals surface area contributed by atoms with Gasteiger partial charge < -0.3 is 14.0 Å². The summed E-state index contributed by atoms with van der Waals surface area (Å²) in [5.41, 5.74) is 2.74. The zero-order valence-corrected chi connectivity index (χ0v) is 19.5. The number of benzene rings is 3. The molecular formula is C26H26FN3O2S. The summed E-state index contributed by atoms with van der Waals surface area (Å²) < 4.78 is 27.7. The molecule has 0 fully saturated rings. The lowest BCUT2D eigenvalue weighted by Gasteiger charge is -2.15. The van der Waals surface area contributed by atoms with E-state index >= 15 is 0 Å². The fraction of sp³-hybridized carbons (Fsp3) is 0.231. The van der Waals surface area contributed by atoms with Crippen molar-refractivity contribution >= 4 is 11.8 Å². The molecule has 1 atom stereocenters. The van der Waals surface area contributed by atoms with Gasteiger partial charge in [-0.3, -0.25) is 0 Å². The predicted octanol–water partition coefficient (Wildman–Crippen LogP) is 6.16. The van der Waals surface area contributed by atoms with Gasteiger partial charge in [-0.15, -0.1) is 10.2 Å². The Morgan fingerprint density at radius 3 is 2.45 bits per heavy atom. The van der Waals surface area contributed by atoms with Crippen molar-refractivity contribution in [3.8, 4) is 16.9 Å². The smallest absolute Gasteiger partial charge is 0.191 e. The third-order valence-electron chi connectivity index (χ3n) is 5.27. The molecule has 4 aromatic rings. The van der Waals surface area contributed by atoms with Crippen LogP contribution in [0.15, 0.2) is 84.0 Å². The average molecular weight is 464 g/mol. The van der Waals surface area contributed by atoms with Gasteiger partial charge in [0.2, 0.25) is 0 Å². The van der Waals surface area contributed by atoms with E-state index in [4.69, 9.17) is 9.47 Å². The Labute approximate surface area is 197 Å². The van der Waals surface area contributed by atoms with Crippen LogP contribution in [0, 0.1) is 5.82 Å². The molecule has 0 aliphatic heterocycles. The summed E-state index contributed by atoms with van der Waals surface area (Å²) in [5.74, 6) is 1.25. The Balaban J connectivity index is 1.54. The molecule has 0 amide bonds. The average Bonchev–Trinajstić information content (AvgIpc) is 3.23. The molecule has 170 valence electrons. The lowest BCUT2D eigenvalue weighted by atomic mass is 10.1. The predicted molar refractivity (Wildman–Crippen MR) is 129 cm³/mol. The van der Waals surface area contributed by atoms with Gasteiger partial charge in [-0.2, -0.15) is 0 Å². The second-order valence-electron chi connectivity index (χ2n) is 7.48. The van der Waals surface area contributed by atoms with E-state index in [1.165, 1.54) is 17.8 Å². The van der Waals surface area contributed by atoms with Crippen molar-refractivity contribution in [2.45, 2.75) is 30.5 Å². The number of aromatic nitrogens is 3. The molecule has 33 heavy (non-hydrogen) atoms. The van der Waals surface area contributed by atoms with E-state index in [9.17, 15) is 4.39 Å². The minimum absolute atomic E-state index is 0.121. The van der Waals surface area contributed by atoms with Crippen LogP contribution in [0.2, 0.25) is 0 Å². The normalized spacial score (nSPS) is 12.0. The van der Waals surface area contributed by atoms with E-state index in [-0.39, 0.29) is 17.7 Å². The SMILES string of the molecule is COCCn1c(COc2ccccc2-c2ccccc2)nnc1SC(C)c1ccccc1F. The standard InChI is InChI=1S/C26H26FN3O2S/c1-19(21-12-6-8-14-23(21)27)33-26-29-28-25(30(26)16-17-31-2)18-32-24-15-9-7-13-22(24)20-10-4-3-5-11-20/h3-15,19H,16-18H2,1-2H3. The highest BCUT2D eigenvalue weighted by atomic mass is 32.2. The second-order valence-corrected chi connectivity index (χ2v) is 8.78. The Morgan fingerprint density at radius 2 is 1.67 bits per heavy atom.